The van der Waals surface area contributed by atoms with Crippen LogP contribution in [0.2, 0.25) is 5.02 Å². The molecule has 0 aliphatic carbocycles. The topological polar surface area (TPSA) is 64.6 Å². The van der Waals surface area contributed by atoms with Crippen LogP contribution in [0.3, 0.4) is 0 Å². The van der Waals surface area contributed by atoms with E-state index in [-0.39, 0.29) is 13.2 Å². The zero-order valence-electron chi connectivity index (χ0n) is 13.8. The second-order valence-electron chi connectivity index (χ2n) is 5.79. The van der Waals surface area contributed by atoms with Gasteiger partial charge in [-0.3, -0.25) is 0 Å². The third-order valence-electron chi connectivity index (χ3n) is 2.60. The van der Waals surface area contributed by atoms with E-state index in [9.17, 15) is 9.59 Å². The van der Waals surface area contributed by atoms with E-state index in [4.69, 9.17) is 21.1 Å². The van der Waals surface area contributed by atoms with Crippen LogP contribution in [-0.2, 0) is 14.3 Å². The first kappa shape index (κ1) is 19.0. The van der Waals surface area contributed by atoms with Crippen LogP contribution < -0.4 is 5.32 Å². The molecule has 0 saturated heterocycles. The van der Waals surface area contributed by atoms with Crippen molar-refractivity contribution in [2.75, 3.05) is 13.2 Å². The lowest BCUT2D eigenvalue weighted by molar-refractivity contribution is -0.137. The number of carbonyl (C=O) groups is 2. The molecule has 1 aromatic carbocycles. The Kier molecular flexibility index (Phi) is 7.10. The smallest absolute Gasteiger partial charge is 0.407 e. The molecular formula is C17H22ClNO4. The van der Waals surface area contributed by atoms with Crippen LogP contribution in [0, 0.1) is 0 Å². The summed E-state index contributed by atoms with van der Waals surface area (Å²) in [5.41, 5.74) is 0.712. The fraction of sp³-hybridized carbons (Fsp3) is 0.412. The highest BCUT2D eigenvalue weighted by atomic mass is 35.5. The molecule has 0 unspecified atom stereocenters. The molecule has 1 aromatic rings. The highest BCUT2D eigenvalue weighted by molar-refractivity contribution is 6.30. The molecule has 0 fully saturated rings. The predicted molar refractivity (Wildman–Crippen MR) is 90.3 cm³/mol. The number of hydrogen-bond donors (Lipinski definition) is 1. The number of carbonyl (C=O) groups excluding carboxylic acids is 2. The monoisotopic (exact) mass is 339 g/mol. The number of halogens is 1. The van der Waals surface area contributed by atoms with Gasteiger partial charge in [0, 0.05) is 17.6 Å². The van der Waals surface area contributed by atoms with Crippen molar-refractivity contribution in [3.8, 4) is 0 Å². The predicted octanol–water partition coefficient (Wildman–Crippen LogP) is 3.81. The van der Waals surface area contributed by atoms with Gasteiger partial charge in [-0.25, -0.2) is 9.59 Å². The standard InChI is InChI=1S/C17H22ClNO4/c1-5-22-15(20)10-13(12-7-6-8-14(18)9-12)11-19-16(21)23-17(2,3)4/h6-10H,5,11H2,1-4H3,(H,19,21)/b13-10-. The summed E-state index contributed by atoms with van der Waals surface area (Å²) in [5, 5.41) is 3.16. The van der Waals surface area contributed by atoms with Gasteiger partial charge < -0.3 is 14.8 Å². The minimum Gasteiger partial charge on any atom is -0.463 e. The quantitative estimate of drug-likeness (QED) is 0.654. The van der Waals surface area contributed by atoms with Gasteiger partial charge in [0.05, 0.1) is 6.61 Å². The third kappa shape index (κ3) is 7.70. The molecule has 0 radical (unpaired) electrons. The van der Waals surface area contributed by atoms with Crippen molar-refractivity contribution in [1.82, 2.24) is 5.32 Å². The highest BCUT2D eigenvalue weighted by Crippen LogP contribution is 2.19. The fourth-order valence-electron chi connectivity index (χ4n) is 1.73. The van der Waals surface area contributed by atoms with Crippen LogP contribution in [0.5, 0.6) is 0 Å². The molecule has 0 atom stereocenters. The summed E-state index contributed by atoms with van der Waals surface area (Å²) in [4.78, 5) is 23.5. The largest absolute Gasteiger partial charge is 0.463 e. The molecule has 5 nitrogen and oxygen atoms in total. The van der Waals surface area contributed by atoms with Crippen LogP contribution in [-0.4, -0.2) is 30.8 Å². The Morgan fingerprint density at radius 1 is 1.30 bits per heavy atom. The second kappa shape index (κ2) is 8.58. The lowest BCUT2D eigenvalue weighted by atomic mass is 10.1. The van der Waals surface area contributed by atoms with E-state index in [1.807, 2.05) is 0 Å². The summed E-state index contributed by atoms with van der Waals surface area (Å²) >= 11 is 5.98. The summed E-state index contributed by atoms with van der Waals surface area (Å²) in [6.45, 7) is 7.45. The van der Waals surface area contributed by atoms with Crippen molar-refractivity contribution in [2.45, 2.75) is 33.3 Å². The van der Waals surface area contributed by atoms with Gasteiger partial charge in [-0.15, -0.1) is 0 Å². The molecule has 6 heteroatoms. The number of ether oxygens (including phenoxy) is 2. The first-order chi connectivity index (χ1) is 10.7. The molecular weight excluding hydrogens is 318 g/mol. The van der Waals surface area contributed by atoms with Gasteiger partial charge in [-0.2, -0.15) is 0 Å². The van der Waals surface area contributed by atoms with E-state index < -0.39 is 17.7 Å². The van der Waals surface area contributed by atoms with Crippen LogP contribution in [0.4, 0.5) is 4.79 Å². The molecule has 0 aliphatic heterocycles. The van der Waals surface area contributed by atoms with E-state index in [1.54, 1.807) is 52.0 Å². The number of amides is 1. The molecule has 126 valence electrons. The van der Waals surface area contributed by atoms with Gasteiger partial charge in [-0.05, 0) is 51.0 Å². The number of esters is 1. The van der Waals surface area contributed by atoms with E-state index in [0.29, 0.717) is 10.6 Å². The Hall–Kier alpha value is -2.01. The molecule has 0 spiro atoms. The van der Waals surface area contributed by atoms with Crippen LogP contribution in [0.15, 0.2) is 30.3 Å². The van der Waals surface area contributed by atoms with Crippen molar-refractivity contribution in [1.29, 1.82) is 0 Å². The van der Waals surface area contributed by atoms with Crippen molar-refractivity contribution < 1.29 is 19.1 Å². The maximum Gasteiger partial charge on any atom is 0.407 e. The van der Waals surface area contributed by atoms with Gasteiger partial charge in [0.15, 0.2) is 0 Å². The van der Waals surface area contributed by atoms with Crippen molar-refractivity contribution in [3.05, 3.63) is 40.9 Å². The van der Waals surface area contributed by atoms with E-state index >= 15 is 0 Å². The molecule has 0 aromatic heterocycles. The van der Waals surface area contributed by atoms with Crippen LogP contribution in [0.25, 0.3) is 5.57 Å². The minimum absolute atomic E-state index is 0.119. The lowest BCUT2D eigenvalue weighted by Crippen LogP contribution is -2.33. The average Bonchev–Trinajstić information content (AvgIpc) is 2.41. The van der Waals surface area contributed by atoms with Gasteiger partial charge >= 0.3 is 12.1 Å². The molecule has 1 amide bonds. The number of rotatable bonds is 5. The Bertz CT molecular complexity index is 591. The maximum atomic E-state index is 11.8. The zero-order chi connectivity index (χ0) is 17.5. The molecule has 1 rings (SSSR count). The van der Waals surface area contributed by atoms with Crippen molar-refractivity contribution in [3.63, 3.8) is 0 Å². The van der Waals surface area contributed by atoms with E-state index in [1.165, 1.54) is 6.08 Å². The molecule has 1 N–H and O–H groups in total. The van der Waals surface area contributed by atoms with Crippen molar-refractivity contribution >= 4 is 29.2 Å². The minimum atomic E-state index is -0.592. The SMILES string of the molecule is CCOC(=O)/C=C(/CNC(=O)OC(C)(C)C)c1cccc(Cl)c1. The molecule has 0 bridgehead atoms. The van der Waals surface area contributed by atoms with E-state index in [2.05, 4.69) is 5.32 Å². The summed E-state index contributed by atoms with van der Waals surface area (Å²) in [5.74, 6) is -0.478. The molecule has 0 saturated carbocycles. The fourth-order valence-corrected chi connectivity index (χ4v) is 1.92. The number of alkyl carbamates (subject to hydrolysis) is 1. The summed E-state index contributed by atoms with van der Waals surface area (Å²) in [6, 6.07) is 7.01. The van der Waals surface area contributed by atoms with Crippen LogP contribution in [0.1, 0.15) is 33.3 Å². The Morgan fingerprint density at radius 3 is 2.57 bits per heavy atom. The highest BCUT2D eigenvalue weighted by Gasteiger charge is 2.16. The normalized spacial score (nSPS) is 11.8. The van der Waals surface area contributed by atoms with Crippen LogP contribution >= 0.6 is 11.6 Å². The van der Waals surface area contributed by atoms with Gasteiger partial charge in [0.2, 0.25) is 0 Å². The van der Waals surface area contributed by atoms with Gasteiger partial charge in [0.1, 0.15) is 5.60 Å². The second-order valence-corrected chi connectivity index (χ2v) is 6.22. The van der Waals surface area contributed by atoms with Crippen molar-refractivity contribution in [2.24, 2.45) is 0 Å². The molecule has 0 aliphatic rings. The third-order valence-corrected chi connectivity index (χ3v) is 2.83. The first-order valence-electron chi connectivity index (χ1n) is 7.31. The molecule has 23 heavy (non-hydrogen) atoms. The summed E-state index contributed by atoms with van der Waals surface area (Å²) in [6.07, 6.45) is 0.779. The summed E-state index contributed by atoms with van der Waals surface area (Å²) < 4.78 is 10.1. The number of nitrogens with one attached hydrogen (secondary N) is 1. The Balaban J connectivity index is 2.88. The average molecular weight is 340 g/mol. The zero-order valence-corrected chi connectivity index (χ0v) is 14.6. The number of hydrogen-bond acceptors (Lipinski definition) is 4. The lowest BCUT2D eigenvalue weighted by Gasteiger charge is -2.20. The molecule has 0 heterocycles. The van der Waals surface area contributed by atoms with E-state index in [0.717, 1.165) is 5.56 Å². The Morgan fingerprint density at radius 2 is 2.00 bits per heavy atom. The Labute approximate surface area is 141 Å². The summed E-state index contributed by atoms with van der Waals surface area (Å²) in [7, 11) is 0. The first-order valence-corrected chi connectivity index (χ1v) is 7.69. The maximum absolute atomic E-state index is 11.8. The van der Waals surface area contributed by atoms with Gasteiger partial charge in [0.25, 0.3) is 0 Å². The van der Waals surface area contributed by atoms with Gasteiger partial charge in [-0.1, -0.05) is 23.7 Å². The number of benzene rings is 1.